The topological polar surface area (TPSA) is 43.8 Å². The Labute approximate surface area is 113 Å². The summed E-state index contributed by atoms with van der Waals surface area (Å²) in [6.07, 6.45) is 1.98. The summed E-state index contributed by atoms with van der Waals surface area (Å²) in [6, 6.07) is 5.97. The Morgan fingerprint density at radius 1 is 1.33 bits per heavy atom. The zero-order valence-corrected chi connectivity index (χ0v) is 11.8. The molecule has 1 aromatic carbocycles. The van der Waals surface area contributed by atoms with Gasteiger partial charge in [-0.05, 0) is 37.1 Å². The molecular formula is C14H18ClN3. The number of benzene rings is 1. The molecule has 0 aliphatic rings. The van der Waals surface area contributed by atoms with Gasteiger partial charge in [-0.2, -0.15) is 5.10 Å². The van der Waals surface area contributed by atoms with Crippen LogP contribution in [0.25, 0.3) is 11.3 Å². The Morgan fingerprint density at radius 3 is 2.67 bits per heavy atom. The van der Waals surface area contributed by atoms with E-state index >= 15 is 0 Å². The second-order valence-corrected chi connectivity index (χ2v) is 5.04. The maximum absolute atomic E-state index is 6.11. The van der Waals surface area contributed by atoms with Gasteiger partial charge in [0, 0.05) is 23.2 Å². The fourth-order valence-corrected chi connectivity index (χ4v) is 2.47. The molecule has 0 atom stereocenters. The lowest BCUT2D eigenvalue weighted by molar-refractivity contribution is 0.781. The molecule has 18 heavy (non-hydrogen) atoms. The van der Waals surface area contributed by atoms with Crippen LogP contribution in [0.2, 0.25) is 5.02 Å². The van der Waals surface area contributed by atoms with Crippen LogP contribution in [-0.4, -0.2) is 9.78 Å². The third kappa shape index (κ3) is 2.36. The highest BCUT2D eigenvalue weighted by Gasteiger charge is 2.15. The number of aromatic nitrogens is 2. The van der Waals surface area contributed by atoms with Crippen molar-refractivity contribution in [2.75, 3.05) is 5.73 Å². The van der Waals surface area contributed by atoms with Gasteiger partial charge in [0.1, 0.15) is 5.82 Å². The quantitative estimate of drug-likeness (QED) is 0.920. The highest BCUT2D eigenvalue weighted by atomic mass is 35.5. The average Bonchev–Trinajstić information content (AvgIpc) is 2.56. The van der Waals surface area contributed by atoms with E-state index in [0.717, 1.165) is 46.1 Å². The van der Waals surface area contributed by atoms with E-state index in [9.17, 15) is 0 Å². The maximum atomic E-state index is 6.11. The van der Waals surface area contributed by atoms with Crippen LogP contribution in [0.4, 0.5) is 5.82 Å². The van der Waals surface area contributed by atoms with Gasteiger partial charge in [0.2, 0.25) is 0 Å². The molecule has 2 aromatic rings. The largest absolute Gasteiger partial charge is 0.384 e. The Hall–Kier alpha value is -1.48. The molecule has 0 fully saturated rings. The lowest BCUT2D eigenvalue weighted by Gasteiger charge is -2.04. The van der Waals surface area contributed by atoms with Crippen LogP contribution in [0.1, 0.15) is 24.5 Å². The molecule has 0 amide bonds. The van der Waals surface area contributed by atoms with Crippen molar-refractivity contribution in [3.63, 3.8) is 0 Å². The van der Waals surface area contributed by atoms with E-state index in [1.165, 1.54) is 0 Å². The number of nitrogens with two attached hydrogens (primary N) is 1. The van der Waals surface area contributed by atoms with Crippen LogP contribution in [-0.2, 0) is 13.5 Å². The molecule has 0 unspecified atom stereocenters. The van der Waals surface area contributed by atoms with Crippen molar-refractivity contribution in [3.05, 3.63) is 34.3 Å². The average molecular weight is 264 g/mol. The van der Waals surface area contributed by atoms with Gasteiger partial charge in [-0.15, -0.1) is 0 Å². The third-order valence-electron chi connectivity index (χ3n) is 3.01. The number of rotatable bonds is 3. The van der Waals surface area contributed by atoms with Gasteiger partial charge in [0.15, 0.2) is 0 Å². The van der Waals surface area contributed by atoms with E-state index in [1.807, 2.05) is 26.1 Å². The minimum Gasteiger partial charge on any atom is -0.384 e. The number of hydrogen-bond acceptors (Lipinski definition) is 2. The van der Waals surface area contributed by atoms with E-state index < -0.39 is 0 Å². The highest BCUT2D eigenvalue weighted by Crippen LogP contribution is 2.30. The van der Waals surface area contributed by atoms with Crippen LogP contribution < -0.4 is 5.73 Å². The maximum Gasteiger partial charge on any atom is 0.125 e. The number of anilines is 1. The van der Waals surface area contributed by atoms with Gasteiger partial charge < -0.3 is 5.73 Å². The van der Waals surface area contributed by atoms with Crippen LogP contribution in [0.15, 0.2) is 18.2 Å². The molecule has 1 heterocycles. The molecule has 0 bridgehead atoms. The molecule has 4 heteroatoms. The molecule has 1 aromatic heterocycles. The van der Waals surface area contributed by atoms with Gasteiger partial charge >= 0.3 is 0 Å². The van der Waals surface area contributed by atoms with Gasteiger partial charge in [0.25, 0.3) is 0 Å². The van der Waals surface area contributed by atoms with Crippen LogP contribution >= 0.6 is 11.6 Å². The first-order chi connectivity index (χ1) is 8.52. The van der Waals surface area contributed by atoms with Crippen molar-refractivity contribution >= 4 is 17.4 Å². The highest BCUT2D eigenvalue weighted by molar-refractivity contribution is 6.30. The summed E-state index contributed by atoms with van der Waals surface area (Å²) < 4.78 is 1.73. The predicted molar refractivity (Wildman–Crippen MR) is 76.8 cm³/mol. The first kappa shape index (κ1) is 13.0. The van der Waals surface area contributed by atoms with Crippen LogP contribution in [0.5, 0.6) is 0 Å². The third-order valence-corrected chi connectivity index (χ3v) is 3.23. The summed E-state index contributed by atoms with van der Waals surface area (Å²) in [5, 5.41) is 5.25. The van der Waals surface area contributed by atoms with Crippen molar-refractivity contribution in [3.8, 4) is 11.3 Å². The minimum absolute atomic E-state index is 0.733. The van der Waals surface area contributed by atoms with E-state index in [2.05, 4.69) is 18.1 Å². The summed E-state index contributed by atoms with van der Waals surface area (Å²) in [5.74, 6) is 0.740. The Kier molecular flexibility index (Phi) is 3.62. The standard InChI is InChI=1S/C14H18ClN3/c1-4-5-12-13(17-18(3)14(12)16)10-6-9(2)7-11(15)8-10/h6-8H,4-5,16H2,1-3H3. The molecule has 0 aliphatic heterocycles. The van der Waals surface area contributed by atoms with Crippen molar-refractivity contribution in [2.45, 2.75) is 26.7 Å². The lowest BCUT2D eigenvalue weighted by Crippen LogP contribution is -1.99. The van der Waals surface area contributed by atoms with Crippen LogP contribution in [0, 0.1) is 6.92 Å². The monoisotopic (exact) mass is 263 g/mol. The van der Waals surface area contributed by atoms with E-state index in [1.54, 1.807) is 4.68 Å². The Bertz CT molecular complexity index is 552. The SMILES string of the molecule is CCCc1c(-c2cc(C)cc(Cl)c2)nn(C)c1N. The normalized spacial score (nSPS) is 10.9. The van der Waals surface area contributed by atoms with Gasteiger partial charge in [0.05, 0.1) is 5.69 Å². The smallest absolute Gasteiger partial charge is 0.125 e. The van der Waals surface area contributed by atoms with E-state index in [-0.39, 0.29) is 0 Å². The van der Waals surface area contributed by atoms with E-state index in [0.29, 0.717) is 0 Å². The Morgan fingerprint density at radius 2 is 2.06 bits per heavy atom. The number of halogens is 1. The molecule has 96 valence electrons. The fraction of sp³-hybridized carbons (Fsp3) is 0.357. The summed E-state index contributed by atoms with van der Waals surface area (Å²) in [4.78, 5) is 0. The molecule has 2 rings (SSSR count). The molecule has 0 radical (unpaired) electrons. The summed E-state index contributed by atoms with van der Waals surface area (Å²) in [7, 11) is 1.87. The second-order valence-electron chi connectivity index (χ2n) is 4.60. The summed E-state index contributed by atoms with van der Waals surface area (Å²) in [6.45, 7) is 4.17. The van der Waals surface area contributed by atoms with Crippen LogP contribution in [0.3, 0.4) is 0 Å². The second kappa shape index (κ2) is 5.02. The Balaban J connectivity index is 2.59. The number of hydrogen-bond donors (Lipinski definition) is 1. The number of nitrogen functional groups attached to an aromatic ring is 1. The first-order valence-electron chi connectivity index (χ1n) is 6.11. The molecule has 3 nitrogen and oxygen atoms in total. The number of nitrogens with zero attached hydrogens (tertiary/aromatic N) is 2. The molecular weight excluding hydrogens is 246 g/mol. The molecule has 0 spiro atoms. The zero-order valence-electron chi connectivity index (χ0n) is 11.0. The molecule has 0 saturated heterocycles. The molecule has 2 N–H and O–H groups in total. The number of aryl methyl sites for hydroxylation is 2. The summed E-state index contributed by atoms with van der Waals surface area (Å²) in [5.41, 5.74) is 10.3. The van der Waals surface area contributed by atoms with Gasteiger partial charge in [-0.1, -0.05) is 24.9 Å². The van der Waals surface area contributed by atoms with Crippen molar-refractivity contribution in [1.29, 1.82) is 0 Å². The van der Waals surface area contributed by atoms with Crippen molar-refractivity contribution in [1.82, 2.24) is 9.78 Å². The van der Waals surface area contributed by atoms with Crippen molar-refractivity contribution < 1.29 is 0 Å². The lowest BCUT2D eigenvalue weighted by atomic mass is 10.0. The van der Waals surface area contributed by atoms with Gasteiger partial charge in [-0.25, -0.2) is 0 Å². The fourth-order valence-electron chi connectivity index (χ4n) is 2.18. The van der Waals surface area contributed by atoms with Crippen molar-refractivity contribution in [2.24, 2.45) is 7.05 Å². The first-order valence-corrected chi connectivity index (χ1v) is 6.49. The van der Waals surface area contributed by atoms with Gasteiger partial charge in [-0.3, -0.25) is 4.68 Å². The zero-order chi connectivity index (χ0) is 13.3. The molecule has 0 saturated carbocycles. The van der Waals surface area contributed by atoms with E-state index in [4.69, 9.17) is 17.3 Å². The molecule has 0 aliphatic carbocycles. The minimum atomic E-state index is 0.733. The predicted octanol–water partition coefficient (Wildman–Crippen LogP) is 3.58. The summed E-state index contributed by atoms with van der Waals surface area (Å²) >= 11 is 6.11.